The molecule has 4 aliphatic heterocycles. The van der Waals surface area contributed by atoms with Crippen molar-refractivity contribution in [2.75, 3.05) is 39.0 Å². The van der Waals surface area contributed by atoms with E-state index in [4.69, 9.17) is 23.7 Å². The zero-order valence-corrected chi connectivity index (χ0v) is 16.1. The summed E-state index contributed by atoms with van der Waals surface area (Å²) < 4.78 is 27.1. The molecule has 2 bridgehead atoms. The number of benzene rings is 1. The topological polar surface area (TPSA) is 95.6 Å². The van der Waals surface area contributed by atoms with E-state index in [1.165, 1.54) is 14.2 Å². The molecule has 9 nitrogen and oxygen atoms in total. The molecule has 1 N–H and O–H groups in total. The molecule has 5 rings (SSSR count). The van der Waals surface area contributed by atoms with Gasteiger partial charge in [-0.05, 0) is 12.1 Å². The molecule has 2 saturated heterocycles. The highest BCUT2D eigenvalue weighted by atomic mass is 16.7. The standard InChI is InChI=1S/C20H22N2O7/c1-25-15(26-2)8-21-18(23)16-13-5-6-20(29-13)9-22(19(24)17(16)20)11-3-4-12-14(7-11)28-10-27-12/h3-7,13,15-17H,8-10H2,1-2H3,(H,21,23)/t13-,16?,17?,20+/m0/s1. The Balaban J connectivity index is 1.38. The fourth-order valence-corrected chi connectivity index (χ4v) is 4.63. The van der Waals surface area contributed by atoms with Gasteiger partial charge in [0, 0.05) is 26.0 Å². The summed E-state index contributed by atoms with van der Waals surface area (Å²) in [6, 6.07) is 5.38. The number of amides is 2. The van der Waals surface area contributed by atoms with Crippen LogP contribution in [0, 0.1) is 11.8 Å². The number of hydrogen-bond donors (Lipinski definition) is 1. The lowest BCUT2D eigenvalue weighted by Gasteiger charge is -2.24. The highest BCUT2D eigenvalue weighted by Crippen LogP contribution is 2.53. The number of ether oxygens (including phenoxy) is 5. The van der Waals surface area contributed by atoms with Crippen molar-refractivity contribution < 1.29 is 33.3 Å². The number of rotatable bonds is 6. The Labute approximate surface area is 167 Å². The van der Waals surface area contributed by atoms with E-state index >= 15 is 0 Å². The SMILES string of the molecule is COC(CNC(=O)C1C2C(=O)N(c3ccc4c(c3)OCO4)C[C@]23C=C[C@@H]1O3)OC. The molecule has 4 atom stereocenters. The molecule has 0 aromatic heterocycles. The first kappa shape index (κ1) is 18.4. The van der Waals surface area contributed by atoms with Crippen LogP contribution in [0.1, 0.15) is 0 Å². The Morgan fingerprint density at radius 2 is 2.10 bits per heavy atom. The number of carbonyl (C=O) groups is 2. The average molecular weight is 402 g/mol. The van der Waals surface area contributed by atoms with E-state index in [2.05, 4.69) is 5.32 Å². The van der Waals surface area contributed by atoms with Gasteiger partial charge in [-0.15, -0.1) is 0 Å². The van der Waals surface area contributed by atoms with Crippen molar-refractivity contribution in [1.29, 1.82) is 0 Å². The van der Waals surface area contributed by atoms with Crippen molar-refractivity contribution in [1.82, 2.24) is 5.32 Å². The second kappa shape index (κ2) is 6.72. The van der Waals surface area contributed by atoms with Crippen LogP contribution in [-0.2, 0) is 23.8 Å². The maximum Gasteiger partial charge on any atom is 0.234 e. The summed E-state index contributed by atoms with van der Waals surface area (Å²) in [5, 5.41) is 2.82. The predicted octanol–water partition coefficient (Wildman–Crippen LogP) is 0.437. The Bertz CT molecular complexity index is 884. The van der Waals surface area contributed by atoms with Gasteiger partial charge >= 0.3 is 0 Å². The van der Waals surface area contributed by atoms with Gasteiger partial charge in [0.15, 0.2) is 17.8 Å². The summed E-state index contributed by atoms with van der Waals surface area (Å²) >= 11 is 0. The molecule has 0 saturated carbocycles. The van der Waals surface area contributed by atoms with Crippen molar-refractivity contribution in [3.05, 3.63) is 30.4 Å². The van der Waals surface area contributed by atoms with E-state index in [9.17, 15) is 9.59 Å². The summed E-state index contributed by atoms with van der Waals surface area (Å²) in [6.07, 6.45) is 2.84. The van der Waals surface area contributed by atoms with Crippen molar-refractivity contribution in [2.24, 2.45) is 11.8 Å². The van der Waals surface area contributed by atoms with Gasteiger partial charge in [0.25, 0.3) is 0 Å². The van der Waals surface area contributed by atoms with Crippen LogP contribution < -0.4 is 19.7 Å². The molecular formula is C20H22N2O7. The van der Waals surface area contributed by atoms with E-state index in [-0.39, 0.29) is 25.2 Å². The normalized spacial score (nSPS) is 31.1. The lowest BCUT2D eigenvalue weighted by Crippen LogP contribution is -2.46. The lowest BCUT2D eigenvalue weighted by atomic mass is 9.77. The summed E-state index contributed by atoms with van der Waals surface area (Å²) in [6.45, 7) is 0.712. The molecule has 1 aromatic carbocycles. The maximum atomic E-state index is 13.3. The second-order valence-corrected chi connectivity index (χ2v) is 7.51. The Kier molecular flexibility index (Phi) is 4.27. The number of fused-ring (bicyclic) bond motifs is 2. The van der Waals surface area contributed by atoms with Crippen molar-refractivity contribution >= 4 is 17.5 Å². The highest BCUT2D eigenvalue weighted by Gasteiger charge is 2.67. The van der Waals surface area contributed by atoms with Crippen LogP contribution in [0.15, 0.2) is 30.4 Å². The molecular weight excluding hydrogens is 380 g/mol. The van der Waals surface area contributed by atoms with Gasteiger partial charge in [-0.1, -0.05) is 12.2 Å². The minimum absolute atomic E-state index is 0.133. The van der Waals surface area contributed by atoms with Gasteiger partial charge in [-0.2, -0.15) is 0 Å². The third-order valence-corrected chi connectivity index (χ3v) is 6.04. The predicted molar refractivity (Wildman–Crippen MR) is 99.5 cm³/mol. The van der Waals surface area contributed by atoms with Gasteiger partial charge in [-0.3, -0.25) is 9.59 Å². The largest absolute Gasteiger partial charge is 0.454 e. The summed E-state index contributed by atoms with van der Waals surface area (Å²) in [4.78, 5) is 27.9. The maximum absolute atomic E-state index is 13.3. The molecule has 4 aliphatic rings. The van der Waals surface area contributed by atoms with E-state index in [1.807, 2.05) is 18.2 Å². The van der Waals surface area contributed by atoms with Crippen LogP contribution in [0.4, 0.5) is 5.69 Å². The monoisotopic (exact) mass is 402 g/mol. The number of methoxy groups -OCH3 is 2. The summed E-state index contributed by atoms with van der Waals surface area (Å²) in [7, 11) is 3.00. The van der Waals surface area contributed by atoms with Gasteiger partial charge in [0.05, 0.1) is 31.0 Å². The molecule has 4 heterocycles. The minimum Gasteiger partial charge on any atom is -0.454 e. The van der Waals surface area contributed by atoms with Crippen LogP contribution >= 0.6 is 0 Å². The molecule has 1 spiro atoms. The highest BCUT2D eigenvalue weighted by molar-refractivity contribution is 6.03. The first-order chi connectivity index (χ1) is 14.1. The second-order valence-electron chi connectivity index (χ2n) is 7.51. The number of carbonyl (C=O) groups excluding carboxylic acids is 2. The molecule has 9 heteroatoms. The molecule has 29 heavy (non-hydrogen) atoms. The number of hydrogen-bond acceptors (Lipinski definition) is 7. The van der Waals surface area contributed by atoms with E-state index < -0.39 is 29.8 Å². The average Bonchev–Trinajstić information content (AvgIpc) is 3.48. The van der Waals surface area contributed by atoms with Crippen LogP contribution in [-0.4, -0.2) is 63.9 Å². The van der Waals surface area contributed by atoms with E-state index in [0.29, 0.717) is 23.7 Å². The summed E-state index contributed by atoms with van der Waals surface area (Å²) in [5.74, 6) is -0.298. The minimum atomic E-state index is -0.790. The number of nitrogens with one attached hydrogen (secondary N) is 1. The van der Waals surface area contributed by atoms with Gasteiger partial charge in [-0.25, -0.2) is 0 Å². The first-order valence-corrected chi connectivity index (χ1v) is 9.48. The fraction of sp³-hybridized carbons (Fsp3) is 0.500. The van der Waals surface area contributed by atoms with Crippen LogP contribution in [0.3, 0.4) is 0 Å². The van der Waals surface area contributed by atoms with Crippen molar-refractivity contribution in [3.63, 3.8) is 0 Å². The van der Waals surface area contributed by atoms with Crippen molar-refractivity contribution in [3.8, 4) is 11.5 Å². The molecule has 0 radical (unpaired) electrons. The molecule has 2 amide bonds. The van der Waals surface area contributed by atoms with Gasteiger partial charge in [0.1, 0.15) is 5.60 Å². The van der Waals surface area contributed by atoms with Gasteiger partial charge < -0.3 is 33.9 Å². The Morgan fingerprint density at radius 1 is 1.31 bits per heavy atom. The molecule has 0 aliphatic carbocycles. The zero-order valence-electron chi connectivity index (χ0n) is 16.1. The van der Waals surface area contributed by atoms with E-state index in [0.717, 1.165) is 0 Å². The van der Waals surface area contributed by atoms with Gasteiger partial charge in [0.2, 0.25) is 18.6 Å². The molecule has 2 fully saturated rings. The van der Waals surface area contributed by atoms with Crippen molar-refractivity contribution in [2.45, 2.75) is 18.0 Å². The lowest BCUT2D eigenvalue weighted by molar-refractivity contribution is -0.135. The Hall–Kier alpha value is -2.62. The smallest absolute Gasteiger partial charge is 0.234 e. The van der Waals surface area contributed by atoms with E-state index in [1.54, 1.807) is 17.0 Å². The molecule has 154 valence electrons. The first-order valence-electron chi connectivity index (χ1n) is 9.48. The molecule has 1 aromatic rings. The van der Waals surface area contributed by atoms with Crippen LogP contribution in [0.25, 0.3) is 0 Å². The molecule has 2 unspecified atom stereocenters. The number of nitrogens with zero attached hydrogens (tertiary/aromatic N) is 1. The zero-order chi connectivity index (χ0) is 20.2. The third kappa shape index (κ3) is 2.72. The van der Waals surface area contributed by atoms with Crippen LogP contribution in [0.5, 0.6) is 11.5 Å². The quantitative estimate of drug-likeness (QED) is 0.545. The van der Waals surface area contributed by atoms with Crippen LogP contribution in [0.2, 0.25) is 0 Å². The fourth-order valence-electron chi connectivity index (χ4n) is 4.63. The third-order valence-electron chi connectivity index (χ3n) is 6.04. The summed E-state index contributed by atoms with van der Waals surface area (Å²) in [5.41, 5.74) is -0.0938. The number of anilines is 1. The Morgan fingerprint density at radius 3 is 2.90 bits per heavy atom.